The summed E-state index contributed by atoms with van der Waals surface area (Å²) in [5.41, 5.74) is -6.39. The van der Waals surface area contributed by atoms with Crippen molar-refractivity contribution in [3.05, 3.63) is 33.9 Å². The number of alkyl halides is 3. The molecule has 0 amide bonds. The maximum absolute atomic E-state index is 13.1. The zero-order valence-electron chi connectivity index (χ0n) is 7.22. The molecule has 3 nitrogen and oxygen atoms in total. The molecule has 0 saturated carbocycles. The van der Waals surface area contributed by atoms with E-state index in [-0.39, 0.29) is 0 Å². The predicted octanol–water partition coefficient (Wildman–Crippen LogP) is 3.48. The predicted molar refractivity (Wildman–Crippen MR) is 44.9 cm³/mol. The quantitative estimate of drug-likeness (QED) is 0.353. The summed E-state index contributed by atoms with van der Waals surface area (Å²) in [6.45, 7) is 0. The van der Waals surface area contributed by atoms with Gasteiger partial charge in [-0.15, -0.1) is 0 Å². The van der Waals surface area contributed by atoms with Gasteiger partial charge in [-0.2, -0.15) is 22.0 Å². The van der Waals surface area contributed by atoms with Gasteiger partial charge in [0.1, 0.15) is 0 Å². The second kappa shape index (κ2) is 4.24. The average Bonchev–Trinajstić information content (AvgIpc) is 2.07. The highest BCUT2D eigenvalue weighted by Gasteiger charge is 2.34. The van der Waals surface area contributed by atoms with Crippen LogP contribution in [0.25, 0.3) is 0 Å². The highest BCUT2D eigenvalue weighted by atomic mass is 32.2. The molecule has 0 N–H and O–H groups in total. The van der Waals surface area contributed by atoms with Crippen molar-refractivity contribution in [1.29, 1.82) is 0 Å². The molecule has 0 unspecified atom stereocenters. The molecule has 9 heteroatoms. The number of halogens is 5. The summed E-state index contributed by atoms with van der Waals surface area (Å²) in [6.07, 6.45) is 0. The minimum absolute atomic E-state index is 0.412. The molecular weight excluding hydrogens is 257 g/mol. The van der Waals surface area contributed by atoms with Crippen LogP contribution in [0, 0.1) is 21.7 Å². The Balaban J connectivity index is 3.24. The fourth-order valence-electron chi connectivity index (χ4n) is 0.893. The summed E-state index contributed by atoms with van der Waals surface area (Å²) in [6, 6.07) is 0.908. The molecule has 1 rings (SSSR count). The van der Waals surface area contributed by atoms with Crippen LogP contribution in [0.15, 0.2) is 17.0 Å². The molecule has 0 atom stereocenters. The summed E-state index contributed by atoms with van der Waals surface area (Å²) in [5, 5.41) is 10.2. The van der Waals surface area contributed by atoms with Gasteiger partial charge < -0.3 is 0 Å². The van der Waals surface area contributed by atoms with Gasteiger partial charge in [0, 0.05) is 0 Å². The van der Waals surface area contributed by atoms with Gasteiger partial charge in [-0.1, -0.05) is 0 Å². The first-order valence-corrected chi connectivity index (χ1v) is 4.42. The van der Waals surface area contributed by atoms with Crippen LogP contribution in [-0.2, 0) is 0 Å². The van der Waals surface area contributed by atoms with Crippen molar-refractivity contribution in [2.24, 2.45) is 0 Å². The summed E-state index contributed by atoms with van der Waals surface area (Å²) in [4.78, 5) is 7.74. The van der Waals surface area contributed by atoms with Gasteiger partial charge in [0.2, 0.25) is 11.6 Å². The SMILES string of the molecule is O=[N+]([O-])c1c(F)ccc(SC(F)(F)F)c1F. The van der Waals surface area contributed by atoms with Gasteiger partial charge >= 0.3 is 11.2 Å². The number of nitrogens with zero attached hydrogens (tertiary/aromatic N) is 1. The Hall–Kier alpha value is -1.38. The largest absolute Gasteiger partial charge is 0.446 e. The molecule has 0 bridgehead atoms. The Labute approximate surface area is 89.4 Å². The molecule has 0 saturated heterocycles. The molecule has 0 aliphatic carbocycles. The highest BCUT2D eigenvalue weighted by Crippen LogP contribution is 2.40. The molecule has 0 heterocycles. The van der Waals surface area contributed by atoms with Gasteiger partial charge in [-0.05, 0) is 23.9 Å². The topological polar surface area (TPSA) is 43.1 Å². The first-order chi connectivity index (χ1) is 7.22. The van der Waals surface area contributed by atoms with E-state index in [2.05, 4.69) is 0 Å². The first-order valence-electron chi connectivity index (χ1n) is 3.60. The van der Waals surface area contributed by atoms with E-state index in [1.807, 2.05) is 0 Å². The molecule has 0 aromatic heterocycles. The smallest absolute Gasteiger partial charge is 0.258 e. The number of nitro benzene ring substituents is 1. The van der Waals surface area contributed by atoms with E-state index in [1.54, 1.807) is 0 Å². The third kappa shape index (κ3) is 2.81. The molecule has 0 aliphatic rings. The monoisotopic (exact) mass is 259 g/mol. The maximum Gasteiger partial charge on any atom is 0.446 e. The first kappa shape index (κ1) is 12.7. The van der Waals surface area contributed by atoms with E-state index in [9.17, 15) is 32.1 Å². The maximum atomic E-state index is 13.1. The van der Waals surface area contributed by atoms with Crippen molar-refractivity contribution < 1.29 is 26.9 Å². The number of thioether (sulfide) groups is 1. The van der Waals surface area contributed by atoms with E-state index < -0.39 is 44.4 Å². The number of rotatable bonds is 2. The molecule has 88 valence electrons. The normalized spacial score (nSPS) is 11.6. The third-order valence-electron chi connectivity index (χ3n) is 1.44. The van der Waals surface area contributed by atoms with Crippen molar-refractivity contribution in [3.63, 3.8) is 0 Å². The van der Waals surface area contributed by atoms with Crippen LogP contribution in [0.3, 0.4) is 0 Å². The molecule has 0 spiro atoms. The lowest BCUT2D eigenvalue weighted by atomic mass is 10.3. The van der Waals surface area contributed by atoms with Gasteiger partial charge in [-0.25, -0.2) is 0 Å². The lowest BCUT2D eigenvalue weighted by molar-refractivity contribution is -0.390. The van der Waals surface area contributed by atoms with Crippen LogP contribution in [0.5, 0.6) is 0 Å². The molecule has 16 heavy (non-hydrogen) atoms. The van der Waals surface area contributed by atoms with E-state index in [0.29, 0.717) is 12.1 Å². The molecule has 0 aliphatic heterocycles. The Morgan fingerprint density at radius 1 is 1.25 bits per heavy atom. The third-order valence-corrected chi connectivity index (χ3v) is 2.21. The van der Waals surface area contributed by atoms with Crippen LogP contribution in [-0.4, -0.2) is 10.4 Å². The molecule has 0 fully saturated rings. The minimum Gasteiger partial charge on any atom is -0.258 e. The van der Waals surface area contributed by atoms with E-state index in [0.717, 1.165) is 0 Å². The molecular formula is C7H2F5NO2S. The number of hydrogen-bond acceptors (Lipinski definition) is 3. The fraction of sp³-hybridized carbons (Fsp3) is 0.143. The molecule has 1 aromatic carbocycles. The Kier molecular flexibility index (Phi) is 3.36. The van der Waals surface area contributed by atoms with Crippen LogP contribution < -0.4 is 0 Å². The molecule has 1 aromatic rings. The van der Waals surface area contributed by atoms with Crippen LogP contribution >= 0.6 is 11.8 Å². The van der Waals surface area contributed by atoms with Crippen molar-refractivity contribution in [2.45, 2.75) is 10.4 Å². The number of benzene rings is 1. The molecule has 0 radical (unpaired) electrons. The van der Waals surface area contributed by atoms with E-state index in [1.165, 1.54) is 0 Å². The van der Waals surface area contributed by atoms with Crippen molar-refractivity contribution in [3.8, 4) is 0 Å². The van der Waals surface area contributed by atoms with Crippen LogP contribution in [0.2, 0.25) is 0 Å². The Morgan fingerprint density at radius 3 is 2.25 bits per heavy atom. The van der Waals surface area contributed by atoms with Crippen LogP contribution in [0.1, 0.15) is 0 Å². The zero-order chi connectivity index (χ0) is 12.5. The van der Waals surface area contributed by atoms with Gasteiger partial charge in [0.25, 0.3) is 0 Å². The summed E-state index contributed by atoms with van der Waals surface area (Å²) in [7, 11) is 0. The van der Waals surface area contributed by atoms with Crippen molar-refractivity contribution in [1.82, 2.24) is 0 Å². The van der Waals surface area contributed by atoms with Gasteiger partial charge in [0.05, 0.1) is 9.82 Å². The number of nitro groups is 1. The summed E-state index contributed by atoms with van der Waals surface area (Å²) >= 11 is -0.878. The van der Waals surface area contributed by atoms with Gasteiger partial charge in [-0.3, -0.25) is 10.1 Å². The average molecular weight is 259 g/mol. The van der Waals surface area contributed by atoms with Crippen molar-refractivity contribution >= 4 is 17.4 Å². The standard InChI is InChI=1S/C7H2F5NO2S/c8-3-1-2-4(16-7(10,11)12)5(9)6(3)13(14)15/h1-2H. The van der Waals surface area contributed by atoms with E-state index >= 15 is 0 Å². The highest BCUT2D eigenvalue weighted by molar-refractivity contribution is 8.00. The second-order valence-corrected chi connectivity index (χ2v) is 3.62. The van der Waals surface area contributed by atoms with Crippen molar-refractivity contribution in [2.75, 3.05) is 0 Å². The summed E-state index contributed by atoms with van der Waals surface area (Å²) in [5.74, 6) is -3.35. The summed E-state index contributed by atoms with van der Waals surface area (Å²) < 4.78 is 61.5. The Morgan fingerprint density at radius 2 is 1.81 bits per heavy atom. The lowest BCUT2D eigenvalue weighted by Crippen LogP contribution is -2.03. The number of hydrogen-bond donors (Lipinski definition) is 0. The second-order valence-electron chi connectivity index (χ2n) is 2.51. The minimum atomic E-state index is -4.80. The Bertz CT molecular complexity index is 434. The lowest BCUT2D eigenvalue weighted by Gasteiger charge is -2.06. The zero-order valence-corrected chi connectivity index (χ0v) is 8.03. The fourth-order valence-corrected chi connectivity index (χ4v) is 1.47. The van der Waals surface area contributed by atoms with Gasteiger partial charge in [0.15, 0.2) is 0 Å². The van der Waals surface area contributed by atoms with E-state index in [4.69, 9.17) is 0 Å². The van der Waals surface area contributed by atoms with Crippen LogP contribution in [0.4, 0.5) is 27.6 Å².